The minimum Gasteiger partial charge on any atom is -0.321 e. The molecule has 0 heterocycles. The minimum absolute atomic E-state index is 0.138. The zero-order chi connectivity index (χ0) is 20.1. The molecule has 2 N–H and O–H groups in total. The molecule has 3 rings (SSSR count). The van der Waals surface area contributed by atoms with Crippen molar-refractivity contribution in [3.63, 3.8) is 0 Å². The van der Waals surface area contributed by atoms with Gasteiger partial charge in [-0.25, -0.2) is 8.42 Å². The van der Waals surface area contributed by atoms with Crippen LogP contribution in [0.3, 0.4) is 0 Å². The molecule has 28 heavy (non-hydrogen) atoms. The lowest BCUT2D eigenvalue weighted by atomic mass is 10.2. The molecule has 8 heteroatoms. The first-order chi connectivity index (χ1) is 13.4. The third-order valence-corrected chi connectivity index (χ3v) is 6.58. The normalized spacial score (nSPS) is 11.1. The molecule has 0 spiro atoms. The third-order valence-electron chi connectivity index (χ3n) is 3.86. The first-order valence-corrected chi connectivity index (χ1v) is 11.7. The number of hydrogen-bond acceptors (Lipinski definition) is 4. The zero-order valence-electron chi connectivity index (χ0n) is 14.8. The van der Waals surface area contributed by atoms with Gasteiger partial charge >= 0.3 is 0 Å². The van der Waals surface area contributed by atoms with E-state index in [4.69, 9.17) is 0 Å². The Morgan fingerprint density at radius 3 is 2.39 bits per heavy atom. The van der Waals surface area contributed by atoms with Gasteiger partial charge in [-0.1, -0.05) is 34.1 Å². The van der Waals surface area contributed by atoms with Crippen LogP contribution in [0.2, 0.25) is 0 Å². The van der Waals surface area contributed by atoms with Crippen molar-refractivity contribution in [3.8, 4) is 0 Å². The molecule has 144 valence electrons. The van der Waals surface area contributed by atoms with Crippen molar-refractivity contribution in [3.05, 3.63) is 82.8 Å². The van der Waals surface area contributed by atoms with Crippen LogP contribution in [0.4, 0.5) is 11.4 Å². The molecule has 0 aliphatic heterocycles. The Kier molecular flexibility index (Phi) is 6.43. The molecule has 3 aromatic carbocycles. The summed E-state index contributed by atoms with van der Waals surface area (Å²) >= 11 is 4.81. The van der Waals surface area contributed by atoms with Crippen LogP contribution in [-0.4, -0.2) is 20.6 Å². The molecule has 0 fully saturated rings. The highest BCUT2D eigenvalue weighted by molar-refractivity contribution is 9.10. The molecule has 0 aliphatic rings. The van der Waals surface area contributed by atoms with E-state index in [1.54, 1.807) is 30.3 Å². The van der Waals surface area contributed by atoms with Crippen molar-refractivity contribution >= 4 is 55.0 Å². The molecule has 0 saturated heterocycles. The molecule has 0 radical (unpaired) electrons. The van der Waals surface area contributed by atoms with E-state index in [9.17, 15) is 13.2 Å². The molecule has 0 atom stereocenters. The number of halogens is 1. The largest absolute Gasteiger partial charge is 0.321 e. The summed E-state index contributed by atoms with van der Waals surface area (Å²) in [5, 5.41) is 2.86. The molecule has 3 aromatic rings. The number of sulfonamides is 1. The van der Waals surface area contributed by atoms with Crippen molar-refractivity contribution in [2.24, 2.45) is 0 Å². The summed E-state index contributed by atoms with van der Waals surface area (Å²) in [5.41, 5.74) is 1.38. The van der Waals surface area contributed by atoms with E-state index < -0.39 is 10.0 Å². The van der Waals surface area contributed by atoms with Crippen LogP contribution in [0.15, 0.2) is 87.1 Å². The van der Waals surface area contributed by atoms with Crippen LogP contribution < -0.4 is 10.0 Å². The lowest BCUT2D eigenvalue weighted by molar-refractivity contribution is 0.102. The molecular weight excluding hydrogens is 460 g/mol. The lowest BCUT2D eigenvalue weighted by Crippen LogP contribution is -2.15. The summed E-state index contributed by atoms with van der Waals surface area (Å²) in [6, 6.07) is 20.2. The maximum absolute atomic E-state index is 12.6. The van der Waals surface area contributed by atoms with Gasteiger partial charge in [0.15, 0.2) is 0 Å². The van der Waals surface area contributed by atoms with Gasteiger partial charge in [-0.2, -0.15) is 0 Å². The number of carbonyl (C=O) groups excluding carboxylic acids is 1. The first-order valence-electron chi connectivity index (χ1n) is 8.22. The summed E-state index contributed by atoms with van der Waals surface area (Å²) in [7, 11) is -3.75. The Morgan fingerprint density at radius 2 is 1.68 bits per heavy atom. The number of rotatable bonds is 6. The molecule has 0 unspecified atom stereocenters. The van der Waals surface area contributed by atoms with E-state index in [2.05, 4.69) is 26.0 Å². The Hall–Kier alpha value is -2.29. The van der Waals surface area contributed by atoms with Gasteiger partial charge in [-0.05, 0) is 60.9 Å². The number of hydrogen-bond donors (Lipinski definition) is 2. The summed E-state index contributed by atoms with van der Waals surface area (Å²) in [4.78, 5) is 13.7. The second-order valence-corrected chi connectivity index (χ2v) is 9.24. The average Bonchev–Trinajstić information content (AvgIpc) is 2.68. The maximum Gasteiger partial charge on any atom is 0.261 e. The molecule has 1 amide bonds. The van der Waals surface area contributed by atoms with E-state index in [0.29, 0.717) is 16.9 Å². The van der Waals surface area contributed by atoms with Crippen LogP contribution in [0, 0.1) is 0 Å². The molecule has 5 nitrogen and oxygen atoms in total. The molecule has 0 bridgehead atoms. The topological polar surface area (TPSA) is 75.3 Å². The summed E-state index contributed by atoms with van der Waals surface area (Å²) in [6.45, 7) is 0. The Labute approximate surface area is 176 Å². The van der Waals surface area contributed by atoms with E-state index in [1.165, 1.54) is 30.0 Å². The van der Waals surface area contributed by atoms with Gasteiger partial charge in [-0.3, -0.25) is 9.52 Å². The van der Waals surface area contributed by atoms with Crippen molar-refractivity contribution in [1.29, 1.82) is 0 Å². The summed E-state index contributed by atoms with van der Waals surface area (Å²) < 4.78 is 28.4. The van der Waals surface area contributed by atoms with Gasteiger partial charge in [0.25, 0.3) is 15.9 Å². The highest BCUT2D eigenvalue weighted by Crippen LogP contribution is 2.25. The Bertz CT molecular complexity index is 1100. The van der Waals surface area contributed by atoms with Crippen molar-refractivity contribution in [2.45, 2.75) is 9.79 Å². The standard InChI is InChI=1S/C20H17BrN2O3S2/c1-27-19-8-3-2-7-18(19)22-20(24)14-5-4-6-16(13-14)23-28(25,26)17-11-9-15(21)10-12-17/h2-13,23H,1H3,(H,22,24). The fraction of sp³-hybridized carbons (Fsp3) is 0.0500. The highest BCUT2D eigenvalue weighted by Gasteiger charge is 2.15. The third kappa shape index (κ3) is 4.95. The maximum atomic E-state index is 12.6. The van der Waals surface area contributed by atoms with Gasteiger partial charge in [0.05, 0.1) is 10.6 Å². The number of benzene rings is 3. The van der Waals surface area contributed by atoms with Crippen LogP contribution in [-0.2, 0) is 10.0 Å². The number of amides is 1. The van der Waals surface area contributed by atoms with Crippen LogP contribution in [0.1, 0.15) is 10.4 Å². The first kappa shape index (κ1) is 20.4. The molecular formula is C20H17BrN2O3S2. The fourth-order valence-corrected chi connectivity index (χ4v) is 4.36. The van der Waals surface area contributed by atoms with Crippen LogP contribution in [0.5, 0.6) is 0 Å². The molecule has 0 aromatic heterocycles. The van der Waals surface area contributed by atoms with Crippen LogP contribution in [0.25, 0.3) is 0 Å². The minimum atomic E-state index is -3.75. The van der Waals surface area contributed by atoms with Gasteiger partial charge < -0.3 is 5.32 Å². The number of carbonyl (C=O) groups is 1. The van der Waals surface area contributed by atoms with Crippen molar-refractivity contribution in [1.82, 2.24) is 0 Å². The number of thioether (sulfide) groups is 1. The van der Waals surface area contributed by atoms with Crippen molar-refractivity contribution < 1.29 is 13.2 Å². The van der Waals surface area contributed by atoms with E-state index in [0.717, 1.165) is 9.37 Å². The predicted octanol–water partition coefficient (Wildman–Crippen LogP) is 5.22. The average molecular weight is 477 g/mol. The Morgan fingerprint density at radius 1 is 0.964 bits per heavy atom. The smallest absolute Gasteiger partial charge is 0.261 e. The van der Waals surface area contributed by atoms with E-state index in [-0.39, 0.29) is 10.8 Å². The van der Waals surface area contributed by atoms with Gasteiger partial charge in [0.1, 0.15) is 0 Å². The van der Waals surface area contributed by atoms with E-state index in [1.807, 2.05) is 30.5 Å². The fourth-order valence-electron chi connectivity index (χ4n) is 2.49. The van der Waals surface area contributed by atoms with Crippen molar-refractivity contribution in [2.75, 3.05) is 16.3 Å². The summed E-state index contributed by atoms with van der Waals surface area (Å²) in [5.74, 6) is -0.314. The second kappa shape index (κ2) is 8.81. The van der Waals surface area contributed by atoms with Gasteiger partial charge in [-0.15, -0.1) is 11.8 Å². The molecule has 0 aliphatic carbocycles. The van der Waals surface area contributed by atoms with Crippen LogP contribution >= 0.6 is 27.7 Å². The predicted molar refractivity (Wildman–Crippen MR) is 118 cm³/mol. The monoisotopic (exact) mass is 476 g/mol. The number of nitrogens with one attached hydrogen (secondary N) is 2. The number of anilines is 2. The SMILES string of the molecule is CSc1ccccc1NC(=O)c1cccc(NS(=O)(=O)c2ccc(Br)cc2)c1. The van der Waals surface area contributed by atoms with Gasteiger partial charge in [0.2, 0.25) is 0 Å². The van der Waals surface area contributed by atoms with E-state index >= 15 is 0 Å². The highest BCUT2D eigenvalue weighted by atomic mass is 79.9. The zero-order valence-corrected chi connectivity index (χ0v) is 18.1. The summed E-state index contributed by atoms with van der Waals surface area (Å²) in [6.07, 6.45) is 1.93. The Balaban J connectivity index is 1.80. The van der Waals surface area contributed by atoms with Gasteiger partial charge in [0, 0.05) is 20.6 Å². The molecule has 0 saturated carbocycles. The lowest BCUT2D eigenvalue weighted by Gasteiger charge is -2.11. The quantitative estimate of drug-likeness (QED) is 0.477. The number of para-hydroxylation sites is 1. The second-order valence-electron chi connectivity index (χ2n) is 5.79.